The minimum absolute atomic E-state index is 0.829. The Hall–Kier alpha value is -0.220. The van der Waals surface area contributed by atoms with Gasteiger partial charge in [0, 0.05) is 42.2 Å². The molecule has 0 radical (unpaired) electrons. The Balaban J connectivity index is 1.47. The van der Waals surface area contributed by atoms with E-state index in [9.17, 15) is 0 Å². The van der Waals surface area contributed by atoms with E-state index in [4.69, 9.17) is 11.6 Å². The maximum Gasteiger partial charge on any atom is 0.0406 e. The van der Waals surface area contributed by atoms with Gasteiger partial charge in [-0.05, 0) is 43.6 Å². The van der Waals surface area contributed by atoms with Gasteiger partial charge in [-0.1, -0.05) is 23.7 Å². The van der Waals surface area contributed by atoms with Crippen molar-refractivity contribution in [3.63, 3.8) is 0 Å². The van der Waals surface area contributed by atoms with E-state index < -0.39 is 0 Å². The Kier molecular flexibility index (Phi) is 5.27. The number of nitrogens with zero attached hydrogens (tertiary/aromatic N) is 2. The fraction of sp³-hybridized carbons (Fsp3) is 0.625. The number of rotatable bonds is 3. The predicted octanol–water partition coefficient (Wildman–Crippen LogP) is 3.35. The molecule has 1 aromatic carbocycles. The minimum Gasteiger partial charge on any atom is -0.299 e. The van der Waals surface area contributed by atoms with Gasteiger partial charge in [-0.15, -0.1) is 0 Å². The second-order valence-corrected chi connectivity index (χ2v) is 7.44. The van der Waals surface area contributed by atoms with E-state index in [2.05, 4.69) is 33.7 Å². The van der Waals surface area contributed by atoms with Crippen molar-refractivity contribution in [2.75, 3.05) is 37.7 Å². The third-order valence-corrected chi connectivity index (χ3v) is 5.63. The zero-order valence-corrected chi connectivity index (χ0v) is 13.5. The van der Waals surface area contributed by atoms with Gasteiger partial charge < -0.3 is 0 Å². The first-order valence-electron chi connectivity index (χ1n) is 7.60. The van der Waals surface area contributed by atoms with Crippen LogP contribution in [0.15, 0.2) is 24.3 Å². The highest BCUT2D eigenvalue weighted by Gasteiger charge is 2.25. The molecule has 2 fully saturated rings. The summed E-state index contributed by atoms with van der Waals surface area (Å²) in [5.41, 5.74) is 1.38. The molecule has 0 saturated carbocycles. The Bertz CT molecular complexity index is 409. The lowest BCUT2D eigenvalue weighted by molar-refractivity contribution is 0.112. The standard InChI is InChI=1S/C16H23ClN2S/c17-15-3-1-14(2-4-15)13-18-7-5-16(6-8-18)19-9-11-20-12-10-19/h1-4,16H,5-13H2. The van der Waals surface area contributed by atoms with E-state index in [0.29, 0.717) is 0 Å². The summed E-state index contributed by atoms with van der Waals surface area (Å²) in [5.74, 6) is 2.65. The third-order valence-electron chi connectivity index (χ3n) is 4.44. The van der Waals surface area contributed by atoms with Crippen LogP contribution in [0, 0.1) is 0 Å². The van der Waals surface area contributed by atoms with Crippen molar-refractivity contribution < 1.29 is 0 Å². The van der Waals surface area contributed by atoms with Crippen LogP contribution in [0.2, 0.25) is 5.02 Å². The summed E-state index contributed by atoms with van der Waals surface area (Å²) in [5, 5.41) is 0.829. The van der Waals surface area contributed by atoms with E-state index in [1.807, 2.05) is 12.1 Å². The number of thioether (sulfide) groups is 1. The minimum atomic E-state index is 0.829. The number of halogens is 1. The molecule has 2 heterocycles. The van der Waals surface area contributed by atoms with Crippen LogP contribution < -0.4 is 0 Å². The first kappa shape index (κ1) is 14.7. The normalized spacial score (nSPS) is 23.1. The van der Waals surface area contributed by atoms with Gasteiger partial charge in [0.15, 0.2) is 0 Å². The zero-order chi connectivity index (χ0) is 13.8. The van der Waals surface area contributed by atoms with Gasteiger partial charge in [0.25, 0.3) is 0 Å². The van der Waals surface area contributed by atoms with Crippen LogP contribution in [0.3, 0.4) is 0 Å². The maximum atomic E-state index is 5.94. The Labute approximate surface area is 131 Å². The lowest BCUT2D eigenvalue weighted by atomic mass is 10.0. The molecule has 0 atom stereocenters. The Morgan fingerprint density at radius 2 is 1.65 bits per heavy atom. The zero-order valence-electron chi connectivity index (χ0n) is 11.9. The van der Waals surface area contributed by atoms with Crippen LogP contribution in [0.25, 0.3) is 0 Å². The Morgan fingerprint density at radius 3 is 2.30 bits per heavy atom. The molecule has 0 spiro atoms. The largest absolute Gasteiger partial charge is 0.299 e. The van der Waals surface area contributed by atoms with E-state index in [1.54, 1.807) is 0 Å². The van der Waals surface area contributed by atoms with Crippen molar-refractivity contribution >= 4 is 23.4 Å². The summed E-state index contributed by atoms with van der Waals surface area (Å²) < 4.78 is 0. The number of hydrogen-bond donors (Lipinski definition) is 0. The average molecular weight is 311 g/mol. The van der Waals surface area contributed by atoms with Crippen molar-refractivity contribution in [1.29, 1.82) is 0 Å². The van der Waals surface area contributed by atoms with Gasteiger partial charge in [-0.2, -0.15) is 11.8 Å². The third kappa shape index (κ3) is 3.91. The fourth-order valence-electron chi connectivity index (χ4n) is 3.23. The molecule has 110 valence electrons. The van der Waals surface area contributed by atoms with Crippen molar-refractivity contribution in [2.24, 2.45) is 0 Å². The van der Waals surface area contributed by atoms with Crippen LogP contribution in [-0.4, -0.2) is 53.5 Å². The average Bonchev–Trinajstić information content (AvgIpc) is 2.51. The molecule has 0 bridgehead atoms. The molecule has 0 N–H and O–H groups in total. The van der Waals surface area contributed by atoms with E-state index in [0.717, 1.165) is 17.6 Å². The lowest BCUT2D eigenvalue weighted by Gasteiger charge is -2.40. The quantitative estimate of drug-likeness (QED) is 0.845. The molecule has 2 saturated heterocycles. The van der Waals surface area contributed by atoms with Gasteiger partial charge in [0.1, 0.15) is 0 Å². The molecule has 20 heavy (non-hydrogen) atoms. The predicted molar refractivity (Wildman–Crippen MR) is 88.6 cm³/mol. The second-order valence-electron chi connectivity index (χ2n) is 5.78. The van der Waals surface area contributed by atoms with Gasteiger partial charge in [-0.3, -0.25) is 9.80 Å². The number of benzene rings is 1. The molecule has 0 unspecified atom stereocenters. The molecular weight excluding hydrogens is 288 g/mol. The molecule has 0 aromatic heterocycles. The Morgan fingerprint density at radius 1 is 1.00 bits per heavy atom. The van der Waals surface area contributed by atoms with Crippen molar-refractivity contribution in [2.45, 2.75) is 25.4 Å². The van der Waals surface area contributed by atoms with Gasteiger partial charge in [-0.25, -0.2) is 0 Å². The first-order valence-corrected chi connectivity index (χ1v) is 9.13. The number of likely N-dealkylation sites (tertiary alicyclic amines) is 1. The SMILES string of the molecule is Clc1ccc(CN2CCC(N3CCSCC3)CC2)cc1. The highest BCUT2D eigenvalue weighted by atomic mass is 35.5. The number of piperidine rings is 1. The van der Waals surface area contributed by atoms with Crippen molar-refractivity contribution in [3.05, 3.63) is 34.9 Å². The van der Waals surface area contributed by atoms with Crippen LogP contribution in [0.5, 0.6) is 0 Å². The molecule has 0 aliphatic carbocycles. The van der Waals surface area contributed by atoms with Crippen LogP contribution in [0.1, 0.15) is 18.4 Å². The van der Waals surface area contributed by atoms with E-state index >= 15 is 0 Å². The van der Waals surface area contributed by atoms with Crippen molar-refractivity contribution in [3.8, 4) is 0 Å². The lowest BCUT2D eigenvalue weighted by Crippen LogP contribution is -2.47. The highest BCUT2D eigenvalue weighted by molar-refractivity contribution is 7.99. The summed E-state index contributed by atoms with van der Waals surface area (Å²) in [6, 6.07) is 9.12. The molecule has 1 aromatic rings. The summed E-state index contributed by atoms with van der Waals surface area (Å²) >= 11 is 8.04. The maximum absolute atomic E-state index is 5.94. The summed E-state index contributed by atoms with van der Waals surface area (Å²) in [6.07, 6.45) is 2.66. The van der Waals surface area contributed by atoms with E-state index in [-0.39, 0.29) is 0 Å². The summed E-state index contributed by atoms with van der Waals surface area (Å²) in [7, 11) is 0. The molecule has 2 nitrogen and oxygen atoms in total. The second kappa shape index (κ2) is 7.17. The van der Waals surface area contributed by atoms with Gasteiger partial charge in [0.2, 0.25) is 0 Å². The fourth-order valence-corrected chi connectivity index (χ4v) is 4.29. The van der Waals surface area contributed by atoms with Gasteiger partial charge in [0.05, 0.1) is 0 Å². The first-order chi connectivity index (χ1) is 9.81. The van der Waals surface area contributed by atoms with E-state index in [1.165, 1.54) is 56.1 Å². The van der Waals surface area contributed by atoms with Crippen LogP contribution in [-0.2, 0) is 6.54 Å². The van der Waals surface area contributed by atoms with Crippen molar-refractivity contribution in [1.82, 2.24) is 9.80 Å². The number of hydrogen-bond acceptors (Lipinski definition) is 3. The van der Waals surface area contributed by atoms with Crippen LogP contribution >= 0.6 is 23.4 Å². The monoisotopic (exact) mass is 310 g/mol. The van der Waals surface area contributed by atoms with Crippen LogP contribution in [0.4, 0.5) is 0 Å². The molecule has 2 aliphatic heterocycles. The molecule has 2 aliphatic rings. The molecule has 3 rings (SSSR count). The van der Waals surface area contributed by atoms with Gasteiger partial charge >= 0.3 is 0 Å². The highest BCUT2D eigenvalue weighted by Crippen LogP contribution is 2.21. The topological polar surface area (TPSA) is 6.48 Å². The molecule has 4 heteroatoms. The smallest absolute Gasteiger partial charge is 0.0406 e. The summed E-state index contributed by atoms with van der Waals surface area (Å²) in [6.45, 7) is 6.13. The summed E-state index contributed by atoms with van der Waals surface area (Å²) in [4.78, 5) is 5.30. The molecule has 0 amide bonds. The molecular formula is C16H23ClN2S.